The maximum absolute atomic E-state index is 9.77. The van der Waals surface area contributed by atoms with Gasteiger partial charge >= 0.3 is 0 Å². The molecule has 3 aromatic carbocycles. The average Bonchev–Trinajstić information content (AvgIpc) is 3.63. The molecule has 7 unspecified atom stereocenters. The van der Waals surface area contributed by atoms with Crippen molar-refractivity contribution in [2.75, 3.05) is 0 Å². The highest BCUT2D eigenvalue weighted by Gasteiger charge is 2.43. The molecule has 5 aliphatic carbocycles. The third-order valence-electron chi connectivity index (χ3n) is 14.2. The fraction of sp³-hybridized carbons (Fsp3) is 0.553. The van der Waals surface area contributed by atoms with Gasteiger partial charge in [-0.25, -0.2) is 15.0 Å². The average molecular weight is 699 g/mol. The first-order valence-corrected chi connectivity index (χ1v) is 21.4. The van der Waals surface area contributed by atoms with Crippen molar-refractivity contribution in [1.29, 1.82) is 0 Å². The Labute approximate surface area is 316 Å². The van der Waals surface area contributed by atoms with Gasteiger partial charge in [-0.05, 0) is 117 Å². The van der Waals surface area contributed by atoms with Gasteiger partial charge in [-0.1, -0.05) is 112 Å². The fourth-order valence-corrected chi connectivity index (χ4v) is 12.6. The van der Waals surface area contributed by atoms with E-state index >= 15 is 0 Å². The van der Waals surface area contributed by atoms with Gasteiger partial charge in [0.05, 0.1) is 6.85 Å². The van der Waals surface area contributed by atoms with Crippen molar-refractivity contribution < 1.29 is 6.85 Å². The summed E-state index contributed by atoms with van der Waals surface area (Å²) in [6.07, 6.45) is 20.8. The second kappa shape index (κ2) is 14.0. The highest BCUT2D eigenvalue weighted by atomic mass is 32.1. The SMILES string of the molecule is [2H]c1cc2c(sc3c([2H])c(C4CCC5CCCCC5C4)c([2H])c([2H])c32)c([2H])c1C1CCC(c2nc(-c3ccccc3)nc(C3CCCCC3)n2)C2CCCCC12. The van der Waals surface area contributed by atoms with Gasteiger partial charge in [0.25, 0.3) is 0 Å². The van der Waals surface area contributed by atoms with E-state index in [-0.39, 0.29) is 29.8 Å². The van der Waals surface area contributed by atoms with Crippen LogP contribution in [0.3, 0.4) is 0 Å². The van der Waals surface area contributed by atoms with E-state index in [2.05, 4.69) is 24.3 Å². The minimum atomic E-state index is 0.110. The van der Waals surface area contributed by atoms with Crippen LogP contribution in [0.15, 0.2) is 66.6 Å². The molecule has 5 fully saturated rings. The molecule has 5 aliphatic rings. The summed E-state index contributed by atoms with van der Waals surface area (Å²) in [5, 5.41) is 1.33. The van der Waals surface area contributed by atoms with Gasteiger partial charge < -0.3 is 0 Å². The Morgan fingerprint density at radius 1 is 0.529 bits per heavy atom. The Kier molecular flexibility index (Phi) is 7.56. The van der Waals surface area contributed by atoms with Gasteiger partial charge in [-0.15, -0.1) is 11.3 Å². The lowest BCUT2D eigenvalue weighted by Crippen LogP contribution is -2.36. The summed E-state index contributed by atoms with van der Waals surface area (Å²) in [6.45, 7) is 0. The minimum Gasteiger partial charge on any atom is -0.217 e. The second-order valence-corrected chi connectivity index (χ2v) is 18.0. The number of hydrogen-bond acceptors (Lipinski definition) is 4. The molecular formula is C47H55N3S. The van der Waals surface area contributed by atoms with Gasteiger partial charge in [0, 0.05) is 37.6 Å². The number of nitrogens with zero attached hydrogens (tertiary/aromatic N) is 3. The van der Waals surface area contributed by atoms with E-state index in [1.165, 1.54) is 69.1 Å². The molecule has 2 heterocycles. The zero-order chi connectivity index (χ0) is 38.1. The Balaban J connectivity index is 1.01. The molecule has 2 aromatic heterocycles. The normalized spacial score (nSPS) is 31.6. The first kappa shape index (κ1) is 27.5. The van der Waals surface area contributed by atoms with Crippen LogP contribution < -0.4 is 0 Å². The van der Waals surface area contributed by atoms with E-state index in [1.54, 1.807) is 0 Å². The van der Waals surface area contributed by atoms with Crippen LogP contribution in [0.25, 0.3) is 31.6 Å². The number of rotatable bonds is 5. The van der Waals surface area contributed by atoms with Crippen molar-refractivity contribution in [3.63, 3.8) is 0 Å². The Bertz CT molecular complexity index is 2270. The third-order valence-corrected chi connectivity index (χ3v) is 15.2. The molecule has 0 spiro atoms. The standard InChI is InChI=1S/C47H55N3S/c1-3-12-31(13-4-1)45-48-46(32-14-5-2-6-15-32)50-47(49-45)42-26-25-37(38-17-9-10-18-39(38)42)36-22-24-41-40-23-21-35(28-43(40)51-44(41)29-36)34-20-19-30-11-7-8-16-33(30)27-34/h1,3-4,12-13,21-24,28-30,32-34,37-39,42H,2,5-11,14-20,25-27H2/i21D,22D,23D,28D,29D. The van der Waals surface area contributed by atoms with Crippen molar-refractivity contribution in [3.8, 4) is 11.4 Å². The molecule has 0 N–H and O–H groups in total. The summed E-state index contributed by atoms with van der Waals surface area (Å²) < 4.78 is 48.8. The maximum atomic E-state index is 9.77. The van der Waals surface area contributed by atoms with E-state index in [4.69, 9.17) is 15.0 Å². The summed E-state index contributed by atoms with van der Waals surface area (Å²) >= 11 is 1.48. The van der Waals surface area contributed by atoms with E-state index in [0.717, 1.165) is 113 Å². The molecule has 0 bridgehead atoms. The summed E-state index contributed by atoms with van der Waals surface area (Å²) in [7, 11) is 0. The molecule has 0 radical (unpaired) electrons. The van der Waals surface area contributed by atoms with Crippen molar-refractivity contribution in [3.05, 3.63) is 89.4 Å². The van der Waals surface area contributed by atoms with Crippen molar-refractivity contribution >= 4 is 31.5 Å². The maximum Gasteiger partial charge on any atom is 0.163 e. The number of thiophene rings is 1. The Hall–Kier alpha value is -3.11. The molecule has 0 aliphatic heterocycles. The topological polar surface area (TPSA) is 38.7 Å². The van der Waals surface area contributed by atoms with E-state index in [1.807, 2.05) is 12.1 Å². The molecule has 0 saturated heterocycles. The first-order valence-electron chi connectivity index (χ1n) is 23.1. The van der Waals surface area contributed by atoms with Crippen LogP contribution in [0.4, 0.5) is 0 Å². The summed E-state index contributed by atoms with van der Waals surface area (Å²) in [6, 6.07) is 13.9. The van der Waals surface area contributed by atoms with Crippen molar-refractivity contribution in [2.45, 2.75) is 139 Å². The largest absolute Gasteiger partial charge is 0.217 e. The molecule has 5 aromatic rings. The lowest BCUT2D eigenvalue weighted by atomic mass is 9.59. The summed E-state index contributed by atoms with van der Waals surface area (Å²) in [5.41, 5.74) is 2.66. The second-order valence-electron chi connectivity index (χ2n) is 17.0. The number of fused-ring (bicyclic) bond motifs is 5. The van der Waals surface area contributed by atoms with Crippen LogP contribution in [0, 0.1) is 23.7 Å². The molecule has 51 heavy (non-hydrogen) atoms. The molecule has 7 atom stereocenters. The summed E-state index contributed by atoms with van der Waals surface area (Å²) in [4.78, 5) is 15.7. The van der Waals surface area contributed by atoms with E-state index in [9.17, 15) is 6.85 Å². The van der Waals surface area contributed by atoms with E-state index in [0.29, 0.717) is 47.2 Å². The third kappa shape index (κ3) is 6.26. The molecule has 264 valence electrons. The minimum absolute atomic E-state index is 0.110. The highest BCUT2D eigenvalue weighted by Crippen LogP contribution is 2.54. The fourth-order valence-electron chi connectivity index (χ4n) is 11.5. The molecular weight excluding hydrogens is 639 g/mol. The van der Waals surface area contributed by atoms with Gasteiger partial charge in [-0.2, -0.15) is 0 Å². The van der Waals surface area contributed by atoms with Crippen molar-refractivity contribution in [2.24, 2.45) is 23.7 Å². The smallest absolute Gasteiger partial charge is 0.163 e. The van der Waals surface area contributed by atoms with Crippen LogP contribution in [-0.4, -0.2) is 15.0 Å². The van der Waals surface area contributed by atoms with Gasteiger partial charge in [-0.3, -0.25) is 0 Å². The predicted molar refractivity (Wildman–Crippen MR) is 213 cm³/mol. The number of aromatic nitrogens is 3. The van der Waals surface area contributed by atoms with Crippen LogP contribution in [0.5, 0.6) is 0 Å². The van der Waals surface area contributed by atoms with Crippen molar-refractivity contribution in [1.82, 2.24) is 15.0 Å². The van der Waals surface area contributed by atoms with Gasteiger partial charge in [0.2, 0.25) is 0 Å². The Morgan fingerprint density at radius 2 is 1.24 bits per heavy atom. The lowest BCUT2D eigenvalue weighted by Gasteiger charge is -2.46. The van der Waals surface area contributed by atoms with Crippen LogP contribution in [0.2, 0.25) is 0 Å². The molecule has 3 nitrogen and oxygen atoms in total. The monoisotopic (exact) mass is 698 g/mol. The first-order chi connectivity index (χ1) is 27.4. The predicted octanol–water partition coefficient (Wildman–Crippen LogP) is 13.5. The lowest BCUT2D eigenvalue weighted by molar-refractivity contribution is 0.116. The quantitative estimate of drug-likeness (QED) is 0.183. The van der Waals surface area contributed by atoms with Gasteiger partial charge in [0.15, 0.2) is 5.82 Å². The zero-order valence-corrected chi connectivity index (χ0v) is 30.9. The molecule has 0 amide bonds. The van der Waals surface area contributed by atoms with Crippen LogP contribution in [0.1, 0.15) is 169 Å². The summed E-state index contributed by atoms with van der Waals surface area (Å²) in [5.74, 6) is 5.81. The zero-order valence-electron chi connectivity index (χ0n) is 35.1. The molecule has 5 saturated carbocycles. The van der Waals surface area contributed by atoms with Crippen LogP contribution >= 0.6 is 11.3 Å². The van der Waals surface area contributed by atoms with E-state index < -0.39 is 0 Å². The van der Waals surface area contributed by atoms with Crippen LogP contribution in [-0.2, 0) is 0 Å². The van der Waals surface area contributed by atoms with Gasteiger partial charge in [0.1, 0.15) is 11.6 Å². The molecule has 10 rings (SSSR count). The highest BCUT2D eigenvalue weighted by molar-refractivity contribution is 7.25. The number of hydrogen-bond donors (Lipinski definition) is 0. The Morgan fingerprint density at radius 3 is 2.10 bits per heavy atom. The number of benzene rings is 3. The molecule has 4 heteroatoms.